The summed E-state index contributed by atoms with van der Waals surface area (Å²) in [6, 6.07) is 11.2. The van der Waals surface area contributed by atoms with Crippen LogP contribution in [0.5, 0.6) is 23.0 Å². The Morgan fingerprint density at radius 1 is 1.00 bits per heavy atom. The van der Waals surface area contributed by atoms with Gasteiger partial charge in [0, 0.05) is 49.8 Å². The lowest BCUT2D eigenvalue weighted by Crippen LogP contribution is -2.54. The summed E-state index contributed by atoms with van der Waals surface area (Å²) in [5.74, 6) is 2.56. The first-order chi connectivity index (χ1) is 16.5. The Kier molecular flexibility index (Phi) is 6.04. The quantitative estimate of drug-likeness (QED) is 0.648. The molecule has 5 rings (SSSR count). The van der Waals surface area contributed by atoms with Crippen LogP contribution >= 0.6 is 0 Å². The molecule has 0 aromatic heterocycles. The molecule has 0 saturated carbocycles. The molecule has 1 fully saturated rings. The number of hydrogen-bond acceptors (Lipinski definition) is 6. The van der Waals surface area contributed by atoms with Crippen molar-refractivity contribution in [2.45, 2.75) is 25.6 Å². The lowest BCUT2D eigenvalue weighted by atomic mass is 10.1. The Balaban J connectivity index is 1.17. The number of nitrogens with zero attached hydrogens (tertiary/aromatic N) is 2. The second kappa shape index (κ2) is 9.29. The number of piperazine rings is 1. The van der Waals surface area contributed by atoms with Crippen LogP contribution in [0.1, 0.15) is 18.1 Å². The Hall–Kier alpha value is -3.68. The first kappa shape index (κ1) is 22.1. The maximum Gasteiger partial charge on any atom is 0.267 e. The number of para-hydroxylation sites is 2. The summed E-state index contributed by atoms with van der Waals surface area (Å²) < 4.78 is 22.8. The number of methoxy groups -OCH3 is 1. The van der Waals surface area contributed by atoms with E-state index in [2.05, 4.69) is 0 Å². The van der Waals surface area contributed by atoms with Gasteiger partial charge >= 0.3 is 0 Å². The van der Waals surface area contributed by atoms with Gasteiger partial charge in [-0.15, -0.1) is 0 Å². The monoisotopic (exact) mass is 464 g/mol. The van der Waals surface area contributed by atoms with E-state index in [4.69, 9.17) is 18.9 Å². The van der Waals surface area contributed by atoms with Crippen molar-refractivity contribution in [2.24, 2.45) is 0 Å². The number of benzene rings is 2. The predicted octanol–water partition coefficient (Wildman–Crippen LogP) is 2.54. The van der Waals surface area contributed by atoms with Crippen LogP contribution in [0.15, 0.2) is 42.5 Å². The molecule has 2 amide bonds. The number of fused-ring (bicyclic) bond motifs is 2. The Bertz CT molecular complexity index is 1120. The molecule has 0 bridgehead atoms. The van der Waals surface area contributed by atoms with Crippen molar-refractivity contribution < 1.29 is 28.5 Å². The fourth-order valence-corrected chi connectivity index (χ4v) is 4.52. The molecule has 2 aromatic carbocycles. The zero-order valence-electron chi connectivity index (χ0n) is 19.4. The van der Waals surface area contributed by atoms with Crippen LogP contribution < -0.4 is 18.9 Å². The van der Waals surface area contributed by atoms with E-state index in [0.29, 0.717) is 43.4 Å². The van der Waals surface area contributed by atoms with Crippen LogP contribution in [0, 0.1) is 0 Å². The zero-order chi connectivity index (χ0) is 23.7. The van der Waals surface area contributed by atoms with Crippen LogP contribution in [0.3, 0.4) is 0 Å². The lowest BCUT2D eigenvalue weighted by molar-refractivity contribution is -0.145. The SMILES string of the molecule is COc1cc2c(cc1/C=C/C(=O)N1CCN(C(=O)[C@@H]3COc4ccccc4O3)CC1)O[C@H](C)C2. The average Bonchev–Trinajstić information content (AvgIpc) is 3.24. The Labute approximate surface area is 198 Å². The second-order valence-corrected chi connectivity index (χ2v) is 8.68. The smallest absolute Gasteiger partial charge is 0.267 e. The number of carbonyl (C=O) groups is 2. The summed E-state index contributed by atoms with van der Waals surface area (Å²) >= 11 is 0. The number of hydrogen-bond donors (Lipinski definition) is 0. The molecule has 8 heteroatoms. The third-order valence-electron chi connectivity index (χ3n) is 6.34. The van der Waals surface area contributed by atoms with Crippen LogP contribution in [-0.2, 0) is 16.0 Å². The molecule has 0 N–H and O–H groups in total. The highest BCUT2D eigenvalue weighted by Gasteiger charge is 2.33. The second-order valence-electron chi connectivity index (χ2n) is 8.68. The van der Waals surface area contributed by atoms with Gasteiger partial charge in [0.05, 0.1) is 7.11 Å². The highest BCUT2D eigenvalue weighted by molar-refractivity contribution is 5.92. The molecule has 8 nitrogen and oxygen atoms in total. The topological polar surface area (TPSA) is 77.5 Å². The third-order valence-corrected chi connectivity index (χ3v) is 6.34. The lowest BCUT2D eigenvalue weighted by Gasteiger charge is -2.36. The molecular weight excluding hydrogens is 436 g/mol. The molecule has 3 aliphatic rings. The van der Waals surface area contributed by atoms with Gasteiger partial charge in [0.15, 0.2) is 11.5 Å². The van der Waals surface area contributed by atoms with Crippen molar-refractivity contribution in [3.05, 3.63) is 53.6 Å². The van der Waals surface area contributed by atoms with Crippen LogP contribution in [-0.4, -0.2) is 73.7 Å². The fourth-order valence-electron chi connectivity index (χ4n) is 4.52. The molecule has 3 aliphatic heterocycles. The predicted molar refractivity (Wildman–Crippen MR) is 125 cm³/mol. The van der Waals surface area contributed by atoms with E-state index in [1.165, 1.54) is 0 Å². The number of amides is 2. The third kappa shape index (κ3) is 4.40. The summed E-state index contributed by atoms with van der Waals surface area (Å²) in [6.07, 6.45) is 3.63. The molecule has 1 saturated heterocycles. The average molecular weight is 465 g/mol. The van der Waals surface area contributed by atoms with Gasteiger partial charge in [-0.25, -0.2) is 0 Å². The highest BCUT2D eigenvalue weighted by atomic mass is 16.6. The molecule has 2 atom stereocenters. The molecular formula is C26H28N2O6. The number of rotatable bonds is 4. The standard InChI is InChI=1S/C26H28N2O6/c1-17-13-19-15-22(31-2)18(14-23(19)33-17)7-8-25(29)27-9-11-28(12-10-27)26(30)24-16-32-20-5-3-4-6-21(20)34-24/h3-8,14-15,17,24H,9-13,16H2,1-2H3/b8-7+/t17-,24+/m1/s1. The summed E-state index contributed by atoms with van der Waals surface area (Å²) in [6.45, 7) is 4.04. The van der Waals surface area contributed by atoms with Crippen molar-refractivity contribution in [1.82, 2.24) is 9.80 Å². The molecule has 178 valence electrons. The maximum atomic E-state index is 12.9. The van der Waals surface area contributed by atoms with Crippen molar-refractivity contribution in [3.8, 4) is 23.0 Å². The van der Waals surface area contributed by atoms with Gasteiger partial charge in [-0.05, 0) is 37.3 Å². The van der Waals surface area contributed by atoms with Gasteiger partial charge in [0.25, 0.3) is 5.91 Å². The number of ether oxygens (including phenoxy) is 4. The molecule has 0 radical (unpaired) electrons. The van der Waals surface area contributed by atoms with Crippen LogP contribution in [0.4, 0.5) is 0 Å². The normalized spacial score (nSPS) is 21.2. The highest BCUT2D eigenvalue weighted by Crippen LogP contribution is 2.35. The van der Waals surface area contributed by atoms with Gasteiger partial charge in [-0.2, -0.15) is 0 Å². The maximum absolute atomic E-state index is 12.9. The number of carbonyl (C=O) groups excluding carboxylic acids is 2. The van der Waals surface area contributed by atoms with E-state index < -0.39 is 6.10 Å². The van der Waals surface area contributed by atoms with E-state index in [1.807, 2.05) is 37.3 Å². The van der Waals surface area contributed by atoms with E-state index in [0.717, 1.165) is 23.3 Å². The van der Waals surface area contributed by atoms with Crippen molar-refractivity contribution in [2.75, 3.05) is 39.9 Å². The minimum Gasteiger partial charge on any atom is -0.496 e. The van der Waals surface area contributed by atoms with E-state index >= 15 is 0 Å². The summed E-state index contributed by atoms with van der Waals surface area (Å²) in [4.78, 5) is 29.2. The van der Waals surface area contributed by atoms with Crippen LogP contribution in [0.2, 0.25) is 0 Å². The largest absolute Gasteiger partial charge is 0.496 e. The molecule has 0 spiro atoms. The Morgan fingerprint density at radius 2 is 1.74 bits per heavy atom. The zero-order valence-corrected chi connectivity index (χ0v) is 19.4. The van der Waals surface area contributed by atoms with Gasteiger partial charge in [0.2, 0.25) is 12.0 Å². The molecule has 3 heterocycles. The minimum atomic E-state index is -0.672. The van der Waals surface area contributed by atoms with E-state index in [9.17, 15) is 9.59 Å². The Morgan fingerprint density at radius 3 is 2.50 bits per heavy atom. The van der Waals surface area contributed by atoms with Crippen molar-refractivity contribution >= 4 is 17.9 Å². The van der Waals surface area contributed by atoms with E-state index in [-0.39, 0.29) is 24.5 Å². The van der Waals surface area contributed by atoms with Crippen LogP contribution in [0.25, 0.3) is 6.08 Å². The summed E-state index contributed by atoms with van der Waals surface area (Å²) in [5.41, 5.74) is 1.91. The van der Waals surface area contributed by atoms with Crippen molar-refractivity contribution in [1.29, 1.82) is 0 Å². The van der Waals surface area contributed by atoms with E-state index in [1.54, 1.807) is 35.1 Å². The summed E-state index contributed by atoms with van der Waals surface area (Å²) in [5, 5.41) is 0. The minimum absolute atomic E-state index is 0.102. The fraction of sp³-hybridized carbons (Fsp3) is 0.385. The first-order valence-electron chi connectivity index (χ1n) is 11.5. The molecule has 2 aromatic rings. The molecule has 34 heavy (non-hydrogen) atoms. The van der Waals surface area contributed by atoms with Gasteiger partial charge < -0.3 is 28.7 Å². The van der Waals surface area contributed by atoms with Gasteiger partial charge in [-0.1, -0.05) is 12.1 Å². The summed E-state index contributed by atoms with van der Waals surface area (Å²) in [7, 11) is 1.62. The van der Waals surface area contributed by atoms with Gasteiger partial charge in [0.1, 0.15) is 24.2 Å². The van der Waals surface area contributed by atoms with Gasteiger partial charge in [-0.3, -0.25) is 9.59 Å². The molecule has 0 aliphatic carbocycles. The first-order valence-corrected chi connectivity index (χ1v) is 11.5. The molecule has 0 unspecified atom stereocenters. The van der Waals surface area contributed by atoms with Crippen molar-refractivity contribution in [3.63, 3.8) is 0 Å².